The zero-order valence-electron chi connectivity index (χ0n) is 23.8. The van der Waals surface area contributed by atoms with Gasteiger partial charge in [-0.05, 0) is 44.8 Å². The van der Waals surface area contributed by atoms with Gasteiger partial charge >= 0.3 is 11.9 Å². The largest absolute Gasteiger partial charge is 0.466 e. The molecule has 1 saturated carbocycles. The maximum absolute atomic E-state index is 13.6. The molecule has 9 heteroatoms. The van der Waals surface area contributed by atoms with Crippen LogP contribution in [0.15, 0.2) is 12.2 Å². The molecule has 0 unspecified atom stereocenters. The lowest BCUT2D eigenvalue weighted by molar-refractivity contribution is -0.145. The maximum atomic E-state index is 13.6. The molecule has 192 valence electrons. The van der Waals surface area contributed by atoms with E-state index >= 15 is 0 Å². The fourth-order valence-corrected chi connectivity index (χ4v) is 70.4. The van der Waals surface area contributed by atoms with Gasteiger partial charge < -0.3 is 13.6 Å². The van der Waals surface area contributed by atoms with Crippen molar-refractivity contribution in [3.63, 3.8) is 0 Å². The van der Waals surface area contributed by atoms with Crippen LogP contribution in [0.1, 0.15) is 34.6 Å². The third kappa shape index (κ3) is 5.52. The van der Waals surface area contributed by atoms with E-state index in [9.17, 15) is 9.59 Å². The van der Waals surface area contributed by atoms with Gasteiger partial charge in [0.2, 0.25) is 0 Å². The Labute approximate surface area is 206 Å². The summed E-state index contributed by atoms with van der Waals surface area (Å²) < 4.78 is 18.4. The van der Waals surface area contributed by atoms with Crippen molar-refractivity contribution in [2.45, 2.75) is 98.6 Å². The van der Waals surface area contributed by atoms with E-state index in [2.05, 4.69) is 79.7 Å². The third-order valence-corrected chi connectivity index (χ3v) is 47.9. The summed E-state index contributed by atoms with van der Waals surface area (Å²) in [5.41, 5.74) is -0.194. The summed E-state index contributed by atoms with van der Waals surface area (Å²) in [7, 11) is -8.39. The number of rotatable bonds is 10. The minimum Gasteiger partial charge on any atom is -0.466 e. The van der Waals surface area contributed by atoms with E-state index in [4.69, 9.17) is 13.6 Å². The molecule has 33 heavy (non-hydrogen) atoms. The van der Waals surface area contributed by atoms with Gasteiger partial charge in [0.15, 0.2) is 15.7 Å². The predicted molar refractivity (Wildman–Crippen MR) is 148 cm³/mol. The van der Waals surface area contributed by atoms with Gasteiger partial charge in [-0.25, -0.2) is 4.79 Å². The SMILES string of the molecule is CCOC(=O)/C=C/[C@@H]1[C@@H](C(=O)OCC)[C@]1(C(C)(C)C)[Si](O[Si](C)(C)C)([Si](C)(C)C)[Si](C)(C)C. The zero-order valence-corrected chi connectivity index (χ0v) is 27.8. The molecule has 0 bridgehead atoms. The molecule has 0 aromatic carbocycles. The summed E-state index contributed by atoms with van der Waals surface area (Å²) in [4.78, 5) is 25.8. The van der Waals surface area contributed by atoms with Crippen LogP contribution in [-0.4, -0.2) is 56.0 Å². The second-order valence-electron chi connectivity index (χ2n) is 13.4. The second-order valence-corrected chi connectivity index (χ2v) is 44.3. The number of ether oxygens (including phenoxy) is 2. The van der Waals surface area contributed by atoms with Crippen LogP contribution >= 0.6 is 0 Å². The quantitative estimate of drug-likeness (QED) is 0.188. The van der Waals surface area contributed by atoms with Crippen LogP contribution in [0.3, 0.4) is 0 Å². The lowest BCUT2D eigenvalue weighted by Crippen LogP contribution is -2.80. The Morgan fingerprint density at radius 1 is 0.848 bits per heavy atom. The topological polar surface area (TPSA) is 61.8 Å². The highest BCUT2D eigenvalue weighted by atomic mass is 29.7. The lowest BCUT2D eigenvalue weighted by atomic mass is 9.86. The van der Waals surface area contributed by atoms with E-state index in [-0.39, 0.29) is 34.2 Å². The van der Waals surface area contributed by atoms with E-state index in [1.54, 1.807) is 6.92 Å². The van der Waals surface area contributed by atoms with Crippen LogP contribution in [-0.2, 0) is 23.2 Å². The van der Waals surface area contributed by atoms with Crippen molar-refractivity contribution in [2.75, 3.05) is 13.2 Å². The van der Waals surface area contributed by atoms with Gasteiger partial charge in [0.25, 0.3) is 0 Å². The van der Waals surface area contributed by atoms with E-state index in [0.717, 1.165) is 0 Å². The van der Waals surface area contributed by atoms with Gasteiger partial charge in [-0.15, -0.1) is 0 Å². The highest BCUT2D eigenvalue weighted by molar-refractivity contribution is 7.68. The zero-order chi connectivity index (χ0) is 26.3. The highest BCUT2D eigenvalue weighted by Gasteiger charge is 2.86. The van der Waals surface area contributed by atoms with Gasteiger partial charge in [-0.3, -0.25) is 4.79 Å². The van der Waals surface area contributed by atoms with E-state index < -0.39 is 30.9 Å². The van der Waals surface area contributed by atoms with Gasteiger partial charge in [0, 0.05) is 11.1 Å². The van der Waals surface area contributed by atoms with Gasteiger partial charge in [0.05, 0.1) is 34.3 Å². The van der Waals surface area contributed by atoms with Crippen LogP contribution in [0.25, 0.3) is 0 Å². The standard InChI is InChI=1S/C24H50O5Si4/c1-15-27-20(25)18-17-19-21(22(26)28-16-2)24(19,23(3,4)5)33(31(9,10)11,32(12,13)14)29-30(6,7)8/h17-19,21H,15-16H2,1-14H3/b18-17+/t19-,21+,24-/m1/s1. The van der Waals surface area contributed by atoms with Crippen LogP contribution in [0.4, 0.5) is 0 Å². The third-order valence-electron chi connectivity index (χ3n) is 6.93. The lowest BCUT2D eigenvalue weighted by Gasteiger charge is -2.61. The molecule has 3 atom stereocenters. The second kappa shape index (κ2) is 9.87. The Bertz CT molecular complexity index is 739. The van der Waals surface area contributed by atoms with Crippen LogP contribution < -0.4 is 0 Å². The van der Waals surface area contributed by atoms with E-state index in [1.165, 1.54) is 6.08 Å². The normalized spacial score (nSPS) is 24.7. The van der Waals surface area contributed by atoms with Crippen molar-refractivity contribution in [3.8, 4) is 0 Å². The van der Waals surface area contributed by atoms with E-state index in [1.807, 2.05) is 13.0 Å². The number of esters is 2. The fraction of sp³-hybridized carbons (Fsp3) is 0.833. The summed E-state index contributed by atoms with van der Waals surface area (Å²) in [6, 6.07) is 0. The molecule has 1 aliphatic carbocycles. The molecule has 5 nitrogen and oxygen atoms in total. The molecule has 1 rings (SSSR count). The number of carbonyl (C=O) groups is 2. The first-order valence-electron chi connectivity index (χ1n) is 12.4. The van der Waals surface area contributed by atoms with Crippen molar-refractivity contribution in [3.05, 3.63) is 12.2 Å². The summed E-state index contributed by atoms with van der Waals surface area (Å²) in [5.74, 6) is -0.861. The molecular weight excluding hydrogens is 481 g/mol. The van der Waals surface area contributed by atoms with Crippen molar-refractivity contribution in [1.82, 2.24) is 0 Å². The Morgan fingerprint density at radius 2 is 1.30 bits per heavy atom. The minimum atomic E-state index is -2.56. The average molecular weight is 531 g/mol. The van der Waals surface area contributed by atoms with Gasteiger partial charge in [0.1, 0.15) is 0 Å². The van der Waals surface area contributed by atoms with Gasteiger partial charge in [-0.1, -0.05) is 66.1 Å². The predicted octanol–water partition coefficient (Wildman–Crippen LogP) is 6.33. The van der Waals surface area contributed by atoms with Crippen molar-refractivity contribution < 1.29 is 23.2 Å². The Morgan fingerprint density at radius 3 is 1.64 bits per heavy atom. The average Bonchev–Trinajstić information content (AvgIpc) is 3.25. The fourth-order valence-electron chi connectivity index (χ4n) is 6.78. The molecule has 0 aromatic heterocycles. The number of carbonyl (C=O) groups excluding carboxylic acids is 2. The van der Waals surface area contributed by atoms with Crippen molar-refractivity contribution in [2.24, 2.45) is 17.3 Å². The maximum Gasteiger partial charge on any atom is 0.330 e. The highest BCUT2D eigenvalue weighted by Crippen LogP contribution is 2.81. The molecule has 0 aliphatic heterocycles. The van der Waals surface area contributed by atoms with Crippen LogP contribution in [0, 0.1) is 17.3 Å². The Hall–Kier alpha value is -0.492. The van der Waals surface area contributed by atoms with E-state index in [0.29, 0.717) is 13.2 Å². The summed E-state index contributed by atoms with van der Waals surface area (Å²) in [6.07, 6.45) is 3.50. The molecule has 0 heterocycles. The van der Waals surface area contributed by atoms with Crippen molar-refractivity contribution >= 4 is 42.8 Å². The monoisotopic (exact) mass is 530 g/mol. The van der Waals surface area contributed by atoms with Crippen LogP contribution in [0.5, 0.6) is 0 Å². The molecule has 0 N–H and O–H groups in total. The molecule has 0 spiro atoms. The first-order valence-corrected chi connectivity index (χ1v) is 26.7. The Kier molecular flexibility index (Phi) is 9.13. The minimum absolute atomic E-state index is 0.0811. The molecule has 0 aromatic rings. The Balaban J connectivity index is 4.07. The van der Waals surface area contributed by atoms with Gasteiger partial charge in [-0.2, -0.15) is 0 Å². The summed E-state index contributed by atoms with van der Waals surface area (Å²) in [5, 5.41) is -0.329. The first-order chi connectivity index (χ1) is 14.7. The number of hydrogen-bond donors (Lipinski definition) is 0. The summed E-state index contributed by atoms with van der Waals surface area (Å²) >= 11 is 0. The number of hydrogen-bond acceptors (Lipinski definition) is 5. The molecule has 1 fully saturated rings. The smallest absolute Gasteiger partial charge is 0.330 e. The molecular formula is C24H50O5Si4. The number of allylic oxidation sites excluding steroid dienone is 1. The molecule has 0 radical (unpaired) electrons. The molecule has 0 saturated heterocycles. The molecule has 0 amide bonds. The van der Waals surface area contributed by atoms with Crippen molar-refractivity contribution in [1.29, 1.82) is 0 Å². The van der Waals surface area contributed by atoms with Crippen LogP contribution in [0.2, 0.25) is 64.0 Å². The summed E-state index contributed by atoms with van der Waals surface area (Å²) in [6.45, 7) is 32.8. The molecule has 1 aliphatic rings. The first kappa shape index (κ1) is 30.5.